The molecule has 2 N–H and O–H groups in total. The SMILES string of the molecule is CCN(C(=O)c1cnc(N)c(Cl)c1)c1cccc(F)c1. The van der Waals surface area contributed by atoms with E-state index in [1.54, 1.807) is 19.1 Å². The van der Waals surface area contributed by atoms with Crippen molar-refractivity contribution >= 4 is 29.0 Å². The molecule has 0 fully saturated rings. The van der Waals surface area contributed by atoms with Gasteiger partial charge >= 0.3 is 0 Å². The molecule has 1 amide bonds. The summed E-state index contributed by atoms with van der Waals surface area (Å²) in [5.41, 5.74) is 6.29. The minimum absolute atomic E-state index is 0.164. The van der Waals surface area contributed by atoms with Crippen LogP contribution < -0.4 is 10.6 Å². The first-order valence-corrected chi connectivity index (χ1v) is 6.39. The number of carbonyl (C=O) groups is 1. The Balaban J connectivity index is 2.36. The lowest BCUT2D eigenvalue weighted by Crippen LogP contribution is -2.30. The lowest BCUT2D eigenvalue weighted by atomic mass is 10.2. The number of halogens is 2. The fourth-order valence-corrected chi connectivity index (χ4v) is 1.98. The Kier molecular flexibility index (Phi) is 4.20. The molecule has 4 nitrogen and oxygen atoms in total. The van der Waals surface area contributed by atoms with Crippen LogP contribution in [0.1, 0.15) is 17.3 Å². The maximum Gasteiger partial charge on any atom is 0.259 e. The van der Waals surface area contributed by atoms with Crippen LogP contribution in [0, 0.1) is 5.82 Å². The van der Waals surface area contributed by atoms with E-state index in [9.17, 15) is 9.18 Å². The van der Waals surface area contributed by atoms with Crippen LogP contribution in [0.4, 0.5) is 15.9 Å². The lowest BCUT2D eigenvalue weighted by molar-refractivity contribution is 0.0988. The number of benzene rings is 1. The summed E-state index contributed by atoms with van der Waals surface area (Å²) in [6.45, 7) is 2.19. The van der Waals surface area contributed by atoms with Crippen molar-refractivity contribution in [1.82, 2.24) is 4.98 Å². The van der Waals surface area contributed by atoms with Crippen molar-refractivity contribution in [2.45, 2.75) is 6.92 Å². The van der Waals surface area contributed by atoms with E-state index in [0.717, 1.165) is 0 Å². The molecule has 0 spiro atoms. The molecular weight excluding hydrogens is 281 g/mol. The molecule has 0 aliphatic carbocycles. The van der Waals surface area contributed by atoms with Gasteiger partial charge in [0, 0.05) is 18.4 Å². The monoisotopic (exact) mass is 293 g/mol. The number of aromatic nitrogens is 1. The molecule has 0 aliphatic heterocycles. The van der Waals surface area contributed by atoms with Crippen molar-refractivity contribution in [1.29, 1.82) is 0 Å². The second-order valence-corrected chi connectivity index (χ2v) is 4.53. The zero-order valence-corrected chi connectivity index (χ0v) is 11.6. The first-order valence-electron chi connectivity index (χ1n) is 6.01. The van der Waals surface area contributed by atoms with Crippen LogP contribution in [0.15, 0.2) is 36.5 Å². The topological polar surface area (TPSA) is 59.2 Å². The smallest absolute Gasteiger partial charge is 0.259 e. The number of nitrogens with zero attached hydrogens (tertiary/aromatic N) is 2. The first-order chi connectivity index (χ1) is 9.52. The van der Waals surface area contributed by atoms with Crippen LogP contribution in [-0.2, 0) is 0 Å². The Morgan fingerprint density at radius 1 is 1.45 bits per heavy atom. The highest BCUT2D eigenvalue weighted by molar-refractivity contribution is 6.33. The number of hydrogen-bond donors (Lipinski definition) is 1. The number of pyridine rings is 1. The number of carbonyl (C=O) groups excluding carboxylic acids is 1. The third-order valence-electron chi connectivity index (χ3n) is 2.80. The third kappa shape index (κ3) is 2.88. The van der Waals surface area contributed by atoms with Gasteiger partial charge in [-0.15, -0.1) is 0 Å². The van der Waals surface area contributed by atoms with Crippen LogP contribution >= 0.6 is 11.6 Å². The molecule has 0 unspecified atom stereocenters. The zero-order valence-electron chi connectivity index (χ0n) is 10.8. The number of nitrogens with two attached hydrogens (primary N) is 1. The van der Waals surface area contributed by atoms with Crippen LogP contribution in [-0.4, -0.2) is 17.4 Å². The van der Waals surface area contributed by atoms with Crippen LogP contribution in [0.3, 0.4) is 0 Å². The van der Waals surface area contributed by atoms with Crippen molar-refractivity contribution in [2.24, 2.45) is 0 Å². The fraction of sp³-hybridized carbons (Fsp3) is 0.143. The standard InChI is InChI=1S/C14H13ClFN3O/c1-2-19(11-5-3-4-10(16)7-11)14(20)9-6-12(15)13(17)18-8-9/h3-8H,2H2,1H3,(H2,17,18). The highest BCUT2D eigenvalue weighted by Crippen LogP contribution is 2.21. The molecule has 1 aromatic carbocycles. The second kappa shape index (κ2) is 5.88. The predicted molar refractivity (Wildman–Crippen MR) is 77.4 cm³/mol. The van der Waals surface area contributed by atoms with Gasteiger partial charge in [-0.25, -0.2) is 9.37 Å². The molecule has 1 aromatic heterocycles. The molecule has 0 aliphatic rings. The van der Waals surface area contributed by atoms with Crippen molar-refractivity contribution in [2.75, 3.05) is 17.2 Å². The van der Waals surface area contributed by atoms with Crippen molar-refractivity contribution in [3.05, 3.63) is 52.9 Å². The van der Waals surface area contributed by atoms with Gasteiger partial charge in [-0.1, -0.05) is 17.7 Å². The molecule has 0 radical (unpaired) electrons. The van der Waals surface area contributed by atoms with Gasteiger partial charge in [0.05, 0.1) is 10.6 Å². The molecule has 6 heteroatoms. The molecular formula is C14H13ClFN3O. The molecule has 0 atom stereocenters. The molecule has 104 valence electrons. The summed E-state index contributed by atoms with van der Waals surface area (Å²) in [5, 5.41) is 0.214. The van der Waals surface area contributed by atoms with E-state index in [-0.39, 0.29) is 16.7 Å². The highest BCUT2D eigenvalue weighted by atomic mass is 35.5. The maximum absolute atomic E-state index is 13.3. The molecule has 0 saturated carbocycles. The van der Waals surface area contributed by atoms with Gasteiger partial charge < -0.3 is 10.6 Å². The van der Waals surface area contributed by atoms with Crippen molar-refractivity contribution < 1.29 is 9.18 Å². The van der Waals surface area contributed by atoms with Crippen molar-refractivity contribution in [3.8, 4) is 0 Å². The summed E-state index contributed by atoms with van der Waals surface area (Å²) in [6.07, 6.45) is 1.35. The molecule has 0 saturated heterocycles. The van der Waals surface area contributed by atoms with E-state index in [1.807, 2.05) is 0 Å². The van der Waals surface area contributed by atoms with E-state index in [1.165, 1.54) is 29.3 Å². The normalized spacial score (nSPS) is 10.3. The molecule has 1 heterocycles. The predicted octanol–water partition coefficient (Wildman–Crippen LogP) is 3.12. The average molecular weight is 294 g/mol. The molecule has 2 aromatic rings. The van der Waals surface area contributed by atoms with Gasteiger partial charge in [-0.05, 0) is 31.2 Å². The van der Waals surface area contributed by atoms with E-state index in [0.29, 0.717) is 17.8 Å². The van der Waals surface area contributed by atoms with E-state index in [2.05, 4.69) is 4.98 Å². The van der Waals surface area contributed by atoms with Gasteiger partial charge in [-0.2, -0.15) is 0 Å². The van der Waals surface area contributed by atoms with Gasteiger partial charge in [-0.3, -0.25) is 4.79 Å². The Morgan fingerprint density at radius 3 is 2.80 bits per heavy atom. The summed E-state index contributed by atoms with van der Waals surface area (Å²) in [6, 6.07) is 7.29. The van der Waals surface area contributed by atoms with Crippen LogP contribution in [0.25, 0.3) is 0 Å². The fourth-order valence-electron chi connectivity index (χ4n) is 1.81. The van der Waals surface area contributed by atoms with E-state index >= 15 is 0 Å². The zero-order chi connectivity index (χ0) is 14.7. The third-order valence-corrected chi connectivity index (χ3v) is 3.10. The summed E-state index contributed by atoms with van der Waals surface area (Å²) in [5.74, 6) is -0.549. The number of amides is 1. The number of hydrogen-bond acceptors (Lipinski definition) is 3. The minimum Gasteiger partial charge on any atom is -0.382 e. The van der Waals surface area contributed by atoms with Gasteiger partial charge in [0.2, 0.25) is 0 Å². The summed E-state index contributed by atoms with van der Waals surface area (Å²) in [4.78, 5) is 17.7. The minimum atomic E-state index is -0.401. The molecule has 2 rings (SSSR count). The number of anilines is 2. The van der Waals surface area contributed by atoms with Crippen LogP contribution in [0.2, 0.25) is 5.02 Å². The summed E-state index contributed by atoms with van der Waals surface area (Å²) in [7, 11) is 0. The quantitative estimate of drug-likeness (QED) is 0.946. The van der Waals surface area contributed by atoms with Gasteiger partial charge in [0.15, 0.2) is 0 Å². The Labute approximate surface area is 121 Å². The van der Waals surface area contributed by atoms with E-state index < -0.39 is 5.82 Å². The van der Waals surface area contributed by atoms with Gasteiger partial charge in [0.1, 0.15) is 11.6 Å². The molecule has 20 heavy (non-hydrogen) atoms. The molecule has 0 bridgehead atoms. The summed E-state index contributed by atoms with van der Waals surface area (Å²) >= 11 is 5.86. The van der Waals surface area contributed by atoms with Gasteiger partial charge in [0.25, 0.3) is 5.91 Å². The lowest BCUT2D eigenvalue weighted by Gasteiger charge is -2.21. The number of nitrogen functional groups attached to an aromatic ring is 1. The average Bonchev–Trinajstić information content (AvgIpc) is 2.42. The van der Waals surface area contributed by atoms with E-state index in [4.69, 9.17) is 17.3 Å². The Bertz CT molecular complexity index is 648. The Hall–Kier alpha value is -2.14. The van der Waals surface area contributed by atoms with Crippen molar-refractivity contribution in [3.63, 3.8) is 0 Å². The maximum atomic E-state index is 13.3. The van der Waals surface area contributed by atoms with Crippen LogP contribution in [0.5, 0.6) is 0 Å². The summed E-state index contributed by atoms with van der Waals surface area (Å²) < 4.78 is 13.3. The largest absolute Gasteiger partial charge is 0.382 e. The first kappa shape index (κ1) is 14.3. The Morgan fingerprint density at radius 2 is 2.20 bits per heavy atom. The second-order valence-electron chi connectivity index (χ2n) is 4.12. The number of rotatable bonds is 3. The highest BCUT2D eigenvalue weighted by Gasteiger charge is 2.17.